The second-order valence-corrected chi connectivity index (χ2v) is 9.30. The molecule has 3 aromatic carbocycles. The minimum absolute atomic E-state index is 0.139. The van der Waals surface area contributed by atoms with Gasteiger partial charge in [0.2, 0.25) is 0 Å². The lowest BCUT2D eigenvalue weighted by atomic mass is 10.0. The van der Waals surface area contributed by atoms with Crippen molar-refractivity contribution in [1.82, 2.24) is 0 Å². The number of esters is 2. The van der Waals surface area contributed by atoms with Crippen LogP contribution in [0.15, 0.2) is 66.7 Å². The van der Waals surface area contributed by atoms with Crippen molar-refractivity contribution in [2.24, 2.45) is 0 Å². The maximum Gasteiger partial charge on any atom is 0.326 e. The van der Waals surface area contributed by atoms with E-state index in [0.717, 1.165) is 34.2 Å². The van der Waals surface area contributed by atoms with Crippen LogP contribution >= 0.6 is 0 Å². The van der Waals surface area contributed by atoms with Gasteiger partial charge in [0.05, 0.1) is 13.0 Å². The van der Waals surface area contributed by atoms with E-state index in [0.29, 0.717) is 12.2 Å². The van der Waals surface area contributed by atoms with Gasteiger partial charge in [0.1, 0.15) is 29.3 Å². The molecule has 0 bridgehead atoms. The molecule has 0 aromatic heterocycles. The van der Waals surface area contributed by atoms with Crippen LogP contribution in [-0.2, 0) is 25.5 Å². The summed E-state index contributed by atoms with van der Waals surface area (Å²) in [6, 6.07) is 17.0. The number of halogens is 2. The summed E-state index contributed by atoms with van der Waals surface area (Å²) in [5.41, 5.74) is 0.913. The van der Waals surface area contributed by atoms with Crippen LogP contribution in [0.2, 0.25) is 0 Å². The van der Waals surface area contributed by atoms with Crippen molar-refractivity contribution in [3.05, 3.63) is 89.5 Å². The summed E-state index contributed by atoms with van der Waals surface area (Å²) in [7, 11) is 0. The van der Waals surface area contributed by atoms with Gasteiger partial charge in [0.25, 0.3) is 5.91 Å². The van der Waals surface area contributed by atoms with Crippen molar-refractivity contribution in [3.8, 4) is 11.1 Å². The lowest BCUT2D eigenvalue weighted by molar-refractivity contribution is -0.153. The van der Waals surface area contributed by atoms with Crippen LogP contribution < -0.4 is 4.90 Å². The normalized spacial score (nSPS) is 11.1. The van der Waals surface area contributed by atoms with Crippen LogP contribution in [0, 0.1) is 11.6 Å². The first-order valence-electron chi connectivity index (χ1n) is 11.8. The van der Waals surface area contributed by atoms with Crippen LogP contribution in [-0.4, -0.2) is 36.6 Å². The van der Waals surface area contributed by atoms with Crippen molar-refractivity contribution in [2.75, 3.05) is 18.1 Å². The fraction of sp³-hybridized carbons (Fsp3) is 0.276. The molecule has 0 radical (unpaired) electrons. The van der Waals surface area contributed by atoms with E-state index in [2.05, 4.69) is 0 Å². The molecule has 0 saturated carbocycles. The average Bonchev–Trinajstić information content (AvgIpc) is 2.82. The van der Waals surface area contributed by atoms with Crippen LogP contribution in [0.5, 0.6) is 0 Å². The molecule has 0 spiro atoms. The van der Waals surface area contributed by atoms with E-state index in [1.165, 1.54) is 0 Å². The number of rotatable bonds is 8. The summed E-state index contributed by atoms with van der Waals surface area (Å²) >= 11 is 0. The van der Waals surface area contributed by atoms with Gasteiger partial charge in [-0.05, 0) is 68.7 Å². The van der Waals surface area contributed by atoms with Crippen molar-refractivity contribution < 1.29 is 32.6 Å². The molecule has 194 valence electrons. The molecular weight excluding hydrogens is 480 g/mol. The monoisotopic (exact) mass is 509 g/mol. The van der Waals surface area contributed by atoms with E-state index in [-0.39, 0.29) is 18.1 Å². The van der Waals surface area contributed by atoms with Crippen molar-refractivity contribution >= 4 is 23.5 Å². The summed E-state index contributed by atoms with van der Waals surface area (Å²) in [5, 5.41) is 0. The van der Waals surface area contributed by atoms with Gasteiger partial charge in [-0.3, -0.25) is 19.3 Å². The summed E-state index contributed by atoms with van der Waals surface area (Å²) in [6.07, 6.45) is 0.139. The fourth-order valence-electron chi connectivity index (χ4n) is 3.67. The molecule has 37 heavy (non-hydrogen) atoms. The first-order chi connectivity index (χ1) is 17.5. The Bertz CT molecular complexity index is 1260. The molecule has 0 heterocycles. The van der Waals surface area contributed by atoms with Crippen molar-refractivity contribution in [2.45, 2.75) is 39.7 Å². The van der Waals surface area contributed by atoms with Gasteiger partial charge in [-0.2, -0.15) is 0 Å². The molecule has 6 nitrogen and oxygen atoms in total. The number of amides is 1. The number of nitrogens with zero attached hydrogens (tertiary/aromatic N) is 1. The highest BCUT2D eigenvalue weighted by Crippen LogP contribution is 2.28. The smallest absolute Gasteiger partial charge is 0.326 e. The zero-order chi connectivity index (χ0) is 27.2. The van der Waals surface area contributed by atoms with Crippen LogP contribution in [0.4, 0.5) is 14.5 Å². The third kappa shape index (κ3) is 7.46. The summed E-state index contributed by atoms with van der Waals surface area (Å²) in [5.74, 6) is -4.14. The van der Waals surface area contributed by atoms with E-state index in [1.807, 2.05) is 12.1 Å². The molecule has 0 N–H and O–H groups in total. The molecule has 3 rings (SSSR count). The number of carbonyl (C=O) groups excluding carboxylic acids is 3. The Kier molecular flexibility index (Phi) is 8.76. The Balaban J connectivity index is 1.96. The van der Waals surface area contributed by atoms with Crippen LogP contribution in [0.25, 0.3) is 11.1 Å². The zero-order valence-electron chi connectivity index (χ0n) is 21.2. The van der Waals surface area contributed by atoms with E-state index < -0.39 is 41.2 Å². The van der Waals surface area contributed by atoms with Crippen molar-refractivity contribution in [1.29, 1.82) is 0 Å². The van der Waals surface area contributed by atoms with Crippen molar-refractivity contribution in [3.63, 3.8) is 0 Å². The first kappa shape index (κ1) is 27.5. The summed E-state index contributed by atoms with van der Waals surface area (Å²) in [6.45, 7) is 6.54. The first-order valence-corrected chi connectivity index (χ1v) is 11.8. The Morgan fingerprint density at radius 1 is 0.838 bits per heavy atom. The molecule has 0 saturated heterocycles. The van der Waals surface area contributed by atoms with Gasteiger partial charge in [0.15, 0.2) is 0 Å². The zero-order valence-corrected chi connectivity index (χ0v) is 21.2. The Hall–Kier alpha value is -4.07. The number of benzene rings is 3. The lowest BCUT2D eigenvalue weighted by Gasteiger charge is -2.26. The van der Waals surface area contributed by atoms with Gasteiger partial charge in [-0.25, -0.2) is 8.78 Å². The number of hydrogen-bond donors (Lipinski definition) is 0. The van der Waals surface area contributed by atoms with Gasteiger partial charge in [-0.1, -0.05) is 42.5 Å². The molecule has 3 aromatic rings. The van der Waals surface area contributed by atoms with E-state index in [9.17, 15) is 23.2 Å². The molecular formula is C29H29F2NO5. The largest absolute Gasteiger partial charge is 0.466 e. The van der Waals surface area contributed by atoms with Gasteiger partial charge in [0, 0.05) is 5.69 Å². The van der Waals surface area contributed by atoms with Gasteiger partial charge >= 0.3 is 11.9 Å². The highest BCUT2D eigenvalue weighted by Gasteiger charge is 2.28. The quantitative estimate of drug-likeness (QED) is 0.363. The fourth-order valence-corrected chi connectivity index (χ4v) is 3.67. The number of anilines is 1. The van der Waals surface area contributed by atoms with E-state index >= 15 is 0 Å². The Morgan fingerprint density at radius 2 is 1.46 bits per heavy atom. The van der Waals surface area contributed by atoms with Gasteiger partial charge < -0.3 is 9.47 Å². The maximum absolute atomic E-state index is 14.5. The predicted octanol–water partition coefficient (Wildman–Crippen LogP) is 5.73. The number of ether oxygens (including phenoxy) is 2. The van der Waals surface area contributed by atoms with Crippen LogP contribution in [0.3, 0.4) is 0 Å². The Labute approximate surface area is 214 Å². The van der Waals surface area contributed by atoms with E-state index in [1.54, 1.807) is 64.1 Å². The highest BCUT2D eigenvalue weighted by molar-refractivity contribution is 6.09. The SMILES string of the molecule is CCOC(=O)Cc1ccc(-c2cccc(N(CC(=O)OC(C)(C)C)C(=O)c3c(F)cccc3F)c2)cc1. The molecule has 0 fully saturated rings. The molecule has 1 amide bonds. The molecule has 0 aliphatic rings. The average molecular weight is 510 g/mol. The molecule has 0 unspecified atom stereocenters. The second kappa shape index (κ2) is 11.8. The number of carbonyl (C=O) groups is 3. The predicted molar refractivity (Wildman–Crippen MR) is 136 cm³/mol. The minimum Gasteiger partial charge on any atom is -0.466 e. The molecule has 0 aliphatic carbocycles. The summed E-state index contributed by atoms with van der Waals surface area (Å²) in [4.78, 5) is 38.7. The number of hydrogen-bond acceptors (Lipinski definition) is 5. The van der Waals surface area contributed by atoms with Crippen LogP contribution in [0.1, 0.15) is 43.6 Å². The second-order valence-electron chi connectivity index (χ2n) is 9.30. The summed E-state index contributed by atoms with van der Waals surface area (Å²) < 4.78 is 39.3. The Morgan fingerprint density at radius 3 is 2.05 bits per heavy atom. The van der Waals surface area contributed by atoms with E-state index in [4.69, 9.17) is 9.47 Å². The lowest BCUT2D eigenvalue weighted by Crippen LogP contribution is -2.39. The highest BCUT2D eigenvalue weighted by atomic mass is 19.1. The standard InChI is InChI=1S/C29H29F2NO5/c1-5-36-25(33)16-19-12-14-20(15-13-19)21-8-6-9-22(17-21)32(18-26(34)37-29(2,3)4)28(35)27-23(30)10-7-11-24(27)31/h6-15,17H,5,16,18H2,1-4H3. The third-order valence-corrected chi connectivity index (χ3v) is 5.23. The molecule has 0 atom stereocenters. The maximum atomic E-state index is 14.5. The molecule has 8 heteroatoms. The molecule has 0 aliphatic heterocycles. The topological polar surface area (TPSA) is 72.9 Å². The third-order valence-electron chi connectivity index (χ3n) is 5.23. The minimum atomic E-state index is -1.03. The van der Waals surface area contributed by atoms with Gasteiger partial charge in [-0.15, -0.1) is 0 Å².